The zero-order chi connectivity index (χ0) is 11.9. The molecule has 1 nitrogen and oxygen atoms in total. The lowest BCUT2D eigenvalue weighted by Crippen LogP contribution is -2.31. The van der Waals surface area contributed by atoms with Gasteiger partial charge in [0.1, 0.15) is 6.54 Å². The van der Waals surface area contributed by atoms with Crippen molar-refractivity contribution in [2.24, 2.45) is 0 Å². The molecular formula is C16H18N+. The molecule has 0 fully saturated rings. The minimum atomic E-state index is 1.09. The van der Waals surface area contributed by atoms with Gasteiger partial charge in [0, 0.05) is 18.6 Å². The molecule has 0 amide bonds. The molecule has 0 saturated carbocycles. The molecule has 0 spiro atoms. The van der Waals surface area contributed by atoms with Gasteiger partial charge in [0.05, 0.1) is 0 Å². The van der Waals surface area contributed by atoms with Crippen LogP contribution in [0.3, 0.4) is 0 Å². The Morgan fingerprint density at radius 3 is 2.06 bits per heavy atom. The van der Waals surface area contributed by atoms with Crippen molar-refractivity contribution >= 4 is 12.2 Å². The van der Waals surface area contributed by atoms with E-state index in [-0.39, 0.29) is 0 Å². The minimum Gasteiger partial charge on any atom is -0.205 e. The van der Waals surface area contributed by atoms with Crippen LogP contribution in [0.25, 0.3) is 12.2 Å². The molecular weight excluding hydrogens is 206 g/mol. The second-order valence-corrected chi connectivity index (χ2v) is 4.11. The van der Waals surface area contributed by atoms with E-state index in [2.05, 4.69) is 72.4 Å². The number of rotatable bonds is 4. The lowest BCUT2D eigenvalue weighted by Gasteiger charge is -1.95. The third kappa shape index (κ3) is 3.56. The third-order valence-electron chi connectivity index (χ3n) is 2.67. The number of hydrogen-bond donors (Lipinski definition) is 0. The fraction of sp³-hybridized carbons (Fsp3) is 0.188. The Kier molecular flexibility index (Phi) is 4.09. The van der Waals surface area contributed by atoms with E-state index in [0.29, 0.717) is 0 Å². The van der Waals surface area contributed by atoms with Crippen molar-refractivity contribution in [2.75, 3.05) is 0 Å². The van der Waals surface area contributed by atoms with Crippen molar-refractivity contribution in [3.63, 3.8) is 0 Å². The Morgan fingerprint density at radius 2 is 1.47 bits per heavy atom. The quantitative estimate of drug-likeness (QED) is 0.699. The molecule has 1 heteroatoms. The van der Waals surface area contributed by atoms with E-state index in [0.717, 1.165) is 6.54 Å². The summed E-state index contributed by atoms with van der Waals surface area (Å²) in [5, 5.41) is 0. The Balaban J connectivity index is 2.06. The SMILES string of the molecule is CCC[n+]1ccc(/C=C/c2ccccc2)cc1. The molecule has 2 rings (SSSR count). The fourth-order valence-corrected chi connectivity index (χ4v) is 1.74. The number of benzene rings is 1. The fourth-order valence-electron chi connectivity index (χ4n) is 1.74. The van der Waals surface area contributed by atoms with Gasteiger partial charge in [0.2, 0.25) is 0 Å². The molecule has 2 aromatic rings. The van der Waals surface area contributed by atoms with Crippen LogP contribution in [0.2, 0.25) is 0 Å². The second-order valence-electron chi connectivity index (χ2n) is 4.11. The minimum absolute atomic E-state index is 1.09. The average Bonchev–Trinajstić information content (AvgIpc) is 2.40. The summed E-state index contributed by atoms with van der Waals surface area (Å²) in [7, 11) is 0. The van der Waals surface area contributed by atoms with Gasteiger partial charge in [0.15, 0.2) is 12.4 Å². The summed E-state index contributed by atoms with van der Waals surface area (Å²) in [5.41, 5.74) is 2.47. The zero-order valence-electron chi connectivity index (χ0n) is 10.2. The number of hydrogen-bond acceptors (Lipinski definition) is 0. The standard InChI is InChI=1S/C16H18N/c1-2-12-17-13-10-16(11-14-17)9-8-15-6-4-3-5-7-15/h3-11,13-14H,2,12H2,1H3/q+1/b9-8+. The highest BCUT2D eigenvalue weighted by molar-refractivity contribution is 5.68. The van der Waals surface area contributed by atoms with Crippen molar-refractivity contribution in [1.29, 1.82) is 0 Å². The number of aromatic nitrogens is 1. The van der Waals surface area contributed by atoms with Crippen LogP contribution < -0.4 is 4.57 Å². The summed E-state index contributed by atoms with van der Waals surface area (Å²) in [5.74, 6) is 0. The van der Waals surface area contributed by atoms with Gasteiger partial charge in [-0.25, -0.2) is 4.57 Å². The first-order valence-electron chi connectivity index (χ1n) is 6.11. The normalized spacial score (nSPS) is 10.9. The van der Waals surface area contributed by atoms with Gasteiger partial charge in [-0.05, 0) is 11.1 Å². The van der Waals surface area contributed by atoms with Gasteiger partial charge in [-0.15, -0.1) is 0 Å². The van der Waals surface area contributed by atoms with Crippen LogP contribution in [-0.2, 0) is 6.54 Å². The summed E-state index contributed by atoms with van der Waals surface area (Å²) >= 11 is 0. The van der Waals surface area contributed by atoms with E-state index < -0.39 is 0 Å². The van der Waals surface area contributed by atoms with Crippen molar-refractivity contribution in [3.05, 3.63) is 66.0 Å². The van der Waals surface area contributed by atoms with Crippen LogP contribution in [0.15, 0.2) is 54.9 Å². The first-order valence-corrected chi connectivity index (χ1v) is 6.11. The monoisotopic (exact) mass is 224 g/mol. The molecule has 1 heterocycles. The predicted molar refractivity (Wildman–Crippen MR) is 72.3 cm³/mol. The van der Waals surface area contributed by atoms with E-state index in [1.165, 1.54) is 17.5 Å². The molecule has 0 bridgehead atoms. The number of aryl methyl sites for hydroxylation is 1. The van der Waals surface area contributed by atoms with Crippen LogP contribution >= 0.6 is 0 Å². The maximum atomic E-state index is 2.21. The maximum absolute atomic E-state index is 2.21. The van der Waals surface area contributed by atoms with Crippen LogP contribution in [-0.4, -0.2) is 0 Å². The number of nitrogens with zero attached hydrogens (tertiary/aromatic N) is 1. The van der Waals surface area contributed by atoms with Crippen LogP contribution in [0.1, 0.15) is 24.5 Å². The van der Waals surface area contributed by atoms with Gasteiger partial charge in [-0.1, -0.05) is 49.4 Å². The van der Waals surface area contributed by atoms with Gasteiger partial charge >= 0.3 is 0 Å². The van der Waals surface area contributed by atoms with Gasteiger partial charge in [-0.3, -0.25) is 0 Å². The zero-order valence-corrected chi connectivity index (χ0v) is 10.2. The van der Waals surface area contributed by atoms with E-state index >= 15 is 0 Å². The van der Waals surface area contributed by atoms with E-state index in [9.17, 15) is 0 Å². The Bertz CT molecular complexity index is 469. The third-order valence-corrected chi connectivity index (χ3v) is 2.67. The first kappa shape index (κ1) is 11.6. The lowest BCUT2D eigenvalue weighted by atomic mass is 10.1. The van der Waals surface area contributed by atoms with Crippen LogP contribution in [0.4, 0.5) is 0 Å². The highest BCUT2D eigenvalue weighted by Crippen LogP contribution is 2.06. The Morgan fingerprint density at radius 1 is 0.882 bits per heavy atom. The summed E-state index contributed by atoms with van der Waals surface area (Å²) in [6.45, 7) is 3.28. The molecule has 0 unspecified atom stereocenters. The first-order chi connectivity index (χ1) is 8.38. The largest absolute Gasteiger partial charge is 0.205 e. The topological polar surface area (TPSA) is 3.88 Å². The Labute approximate surface area is 103 Å². The van der Waals surface area contributed by atoms with E-state index in [4.69, 9.17) is 0 Å². The van der Waals surface area contributed by atoms with Crippen molar-refractivity contribution < 1.29 is 4.57 Å². The predicted octanol–water partition coefficient (Wildman–Crippen LogP) is 3.55. The second kappa shape index (κ2) is 6.00. The molecule has 0 saturated heterocycles. The number of pyridine rings is 1. The van der Waals surface area contributed by atoms with Gasteiger partial charge in [-0.2, -0.15) is 0 Å². The summed E-state index contributed by atoms with van der Waals surface area (Å²) in [6, 6.07) is 14.7. The highest BCUT2D eigenvalue weighted by atomic mass is 14.9. The summed E-state index contributed by atoms with van der Waals surface area (Å²) in [4.78, 5) is 0. The molecule has 0 N–H and O–H groups in total. The lowest BCUT2D eigenvalue weighted by molar-refractivity contribution is -0.697. The maximum Gasteiger partial charge on any atom is 0.169 e. The van der Waals surface area contributed by atoms with Crippen molar-refractivity contribution in [1.82, 2.24) is 0 Å². The Hall–Kier alpha value is -1.89. The van der Waals surface area contributed by atoms with Gasteiger partial charge in [0.25, 0.3) is 0 Å². The molecule has 1 aromatic heterocycles. The molecule has 0 aliphatic carbocycles. The molecule has 86 valence electrons. The van der Waals surface area contributed by atoms with Crippen LogP contribution in [0, 0.1) is 0 Å². The van der Waals surface area contributed by atoms with E-state index in [1.807, 2.05) is 6.07 Å². The summed E-state index contributed by atoms with van der Waals surface area (Å²) in [6.07, 6.45) is 9.72. The smallest absolute Gasteiger partial charge is 0.169 e. The summed E-state index contributed by atoms with van der Waals surface area (Å²) < 4.78 is 2.21. The van der Waals surface area contributed by atoms with E-state index in [1.54, 1.807) is 0 Å². The molecule has 0 aliphatic rings. The highest BCUT2D eigenvalue weighted by Gasteiger charge is 1.96. The van der Waals surface area contributed by atoms with Gasteiger partial charge < -0.3 is 0 Å². The van der Waals surface area contributed by atoms with Crippen molar-refractivity contribution in [2.45, 2.75) is 19.9 Å². The average molecular weight is 224 g/mol. The van der Waals surface area contributed by atoms with Crippen LogP contribution in [0.5, 0.6) is 0 Å². The molecule has 1 aromatic carbocycles. The molecule has 17 heavy (non-hydrogen) atoms. The molecule has 0 radical (unpaired) electrons. The molecule has 0 aliphatic heterocycles. The molecule has 0 atom stereocenters. The van der Waals surface area contributed by atoms with Crippen molar-refractivity contribution in [3.8, 4) is 0 Å².